The zero-order valence-corrected chi connectivity index (χ0v) is 13.5. The first-order chi connectivity index (χ1) is 8.86. The van der Waals surface area contributed by atoms with Crippen LogP contribution < -0.4 is 10.6 Å². The van der Waals surface area contributed by atoms with Crippen LogP contribution in [0.4, 0.5) is 5.69 Å². The lowest BCUT2D eigenvalue weighted by Gasteiger charge is -2.30. The van der Waals surface area contributed by atoms with Gasteiger partial charge in [0, 0.05) is 28.8 Å². The van der Waals surface area contributed by atoms with E-state index >= 15 is 0 Å². The van der Waals surface area contributed by atoms with Crippen molar-refractivity contribution in [1.82, 2.24) is 0 Å². The number of hydrogen-bond donors (Lipinski definition) is 2. The van der Waals surface area contributed by atoms with Gasteiger partial charge in [0.25, 0.3) is 0 Å². The summed E-state index contributed by atoms with van der Waals surface area (Å²) in [5.41, 5.74) is 7.44. The van der Waals surface area contributed by atoms with Crippen molar-refractivity contribution >= 4 is 27.5 Å². The fraction of sp³-hybridized carbons (Fsp3) is 0.500. The summed E-state index contributed by atoms with van der Waals surface area (Å²) in [6, 6.07) is 6.11. The highest BCUT2D eigenvalue weighted by Gasteiger charge is 2.17. The number of anilines is 1. The maximum absolute atomic E-state index is 8.88. The lowest BCUT2D eigenvalue weighted by molar-refractivity contribution is 0.318. The Morgan fingerprint density at radius 2 is 2.05 bits per heavy atom. The highest BCUT2D eigenvalue weighted by atomic mass is 79.9. The van der Waals surface area contributed by atoms with Crippen molar-refractivity contribution in [3.8, 4) is 0 Å². The van der Waals surface area contributed by atoms with Crippen molar-refractivity contribution in [2.24, 2.45) is 16.8 Å². The maximum Gasteiger partial charge on any atom is 0.172 e. The Hall–Kier alpha value is -1.23. The largest absolute Gasteiger partial charge is 0.409 e. The van der Waals surface area contributed by atoms with Crippen molar-refractivity contribution < 1.29 is 5.21 Å². The number of benzene rings is 1. The first kappa shape index (κ1) is 15.8. The van der Waals surface area contributed by atoms with Crippen molar-refractivity contribution in [2.45, 2.75) is 33.2 Å². The molecule has 1 unspecified atom stereocenters. The molecular weight excluding hydrogens is 306 g/mol. The summed E-state index contributed by atoms with van der Waals surface area (Å²) in [6.45, 7) is 6.59. The summed E-state index contributed by atoms with van der Waals surface area (Å²) in [5, 5.41) is 12.0. The van der Waals surface area contributed by atoms with Crippen LogP contribution >= 0.6 is 15.9 Å². The number of nitrogens with zero attached hydrogens (tertiary/aromatic N) is 2. The summed E-state index contributed by atoms with van der Waals surface area (Å²) in [6.07, 6.45) is 1.08. The average Bonchev–Trinajstić information content (AvgIpc) is 2.36. The second-order valence-corrected chi connectivity index (χ2v) is 6.15. The molecule has 0 fully saturated rings. The highest BCUT2D eigenvalue weighted by Crippen LogP contribution is 2.27. The molecule has 0 saturated heterocycles. The van der Waals surface area contributed by atoms with Crippen LogP contribution in [0.3, 0.4) is 0 Å². The Morgan fingerprint density at radius 3 is 2.58 bits per heavy atom. The Labute approximate surface area is 123 Å². The van der Waals surface area contributed by atoms with Crippen LogP contribution in [0.5, 0.6) is 0 Å². The van der Waals surface area contributed by atoms with E-state index in [9.17, 15) is 0 Å². The van der Waals surface area contributed by atoms with Gasteiger partial charge in [-0.05, 0) is 37.5 Å². The minimum absolute atomic E-state index is 0.131. The fourth-order valence-corrected chi connectivity index (χ4v) is 2.49. The van der Waals surface area contributed by atoms with Crippen LogP contribution in [-0.4, -0.2) is 24.1 Å². The van der Waals surface area contributed by atoms with Crippen molar-refractivity contribution in [3.05, 3.63) is 28.2 Å². The van der Waals surface area contributed by atoms with Gasteiger partial charge in [-0.15, -0.1) is 0 Å². The summed E-state index contributed by atoms with van der Waals surface area (Å²) < 4.78 is 0.973. The third-order valence-corrected chi connectivity index (χ3v) is 3.69. The molecule has 0 heterocycles. The molecule has 0 aliphatic carbocycles. The number of halogens is 1. The van der Waals surface area contributed by atoms with E-state index in [0.717, 1.165) is 22.1 Å². The minimum Gasteiger partial charge on any atom is -0.409 e. The molecule has 0 aliphatic heterocycles. The molecule has 0 aliphatic rings. The number of nitrogens with two attached hydrogens (primary N) is 1. The lowest BCUT2D eigenvalue weighted by atomic mass is 10.0. The molecule has 1 rings (SSSR count). The molecule has 0 bridgehead atoms. The zero-order valence-electron chi connectivity index (χ0n) is 11.9. The molecule has 0 amide bonds. The van der Waals surface area contributed by atoms with Crippen LogP contribution in [0, 0.1) is 5.92 Å². The van der Waals surface area contributed by atoms with Gasteiger partial charge in [0.1, 0.15) is 0 Å². The quantitative estimate of drug-likeness (QED) is 0.377. The third kappa shape index (κ3) is 4.13. The Balaban J connectivity index is 3.13. The molecule has 5 heteroatoms. The summed E-state index contributed by atoms with van der Waals surface area (Å²) in [7, 11) is 2.03. The Kier molecular flexibility index (Phi) is 5.66. The highest BCUT2D eigenvalue weighted by molar-refractivity contribution is 9.10. The summed E-state index contributed by atoms with van der Waals surface area (Å²) in [5.74, 6) is 0.753. The Morgan fingerprint density at radius 1 is 1.42 bits per heavy atom. The van der Waals surface area contributed by atoms with Crippen LogP contribution in [0.15, 0.2) is 27.8 Å². The molecular formula is C14H22BrN3O. The van der Waals surface area contributed by atoms with E-state index in [2.05, 4.69) is 46.8 Å². The van der Waals surface area contributed by atoms with Crippen LogP contribution in [0.2, 0.25) is 0 Å². The monoisotopic (exact) mass is 327 g/mol. The van der Waals surface area contributed by atoms with Crippen molar-refractivity contribution in [3.63, 3.8) is 0 Å². The third-order valence-electron chi connectivity index (χ3n) is 3.20. The van der Waals surface area contributed by atoms with Gasteiger partial charge in [-0.1, -0.05) is 34.9 Å². The average molecular weight is 328 g/mol. The lowest BCUT2D eigenvalue weighted by Crippen LogP contribution is -2.32. The van der Waals surface area contributed by atoms with Gasteiger partial charge in [0.2, 0.25) is 0 Å². The zero-order chi connectivity index (χ0) is 14.6. The van der Waals surface area contributed by atoms with Gasteiger partial charge >= 0.3 is 0 Å². The smallest absolute Gasteiger partial charge is 0.172 e. The van der Waals surface area contributed by atoms with Crippen LogP contribution in [-0.2, 0) is 0 Å². The second-order valence-electron chi connectivity index (χ2n) is 5.24. The molecule has 1 aromatic rings. The van der Waals surface area contributed by atoms with Gasteiger partial charge in [0.15, 0.2) is 5.84 Å². The first-order valence-electron chi connectivity index (χ1n) is 6.37. The molecule has 3 N–H and O–H groups in total. The number of amidine groups is 1. The molecule has 0 aromatic heterocycles. The van der Waals surface area contributed by atoms with Gasteiger partial charge in [-0.2, -0.15) is 0 Å². The SMILES string of the molecule is CC(C)CC(C)N(C)c1cc(Br)ccc1/C(N)=N/O. The molecule has 19 heavy (non-hydrogen) atoms. The molecule has 0 spiro atoms. The van der Waals surface area contributed by atoms with Crippen LogP contribution in [0.1, 0.15) is 32.8 Å². The van der Waals surface area contributed by atoms with Gasteiger partial charge in [-0.25, -0.2) is 0 Å². The van der Waals surface area contributed by atoms with E-state index < -0.39 is 0 Å². The number of hydrogen-bond acceptors (Lipinski definition) is 3. The first-order valence-corrected chi connectivity index (χ1v) is 7.16. The van der Waals surface area contributed by atoms with E-state index in [1.807, 2.05) is 25.2 Å². The molecule has 0 radical (unpaired) electrons. The molecule has 106 valence electrons. The number of rotatable bonds is 5. The van der Waals surface area contributed by atoms with E-state index in [1.54, 1.807) is 0 Å². The van der Waals surface area contributed by atoms with Crippen LogP contribution in [0.25, 0.3) is 0 Å². The molecule has 1 aromatic carbocycles. The second kappa shape index (κ2) is 6.80. The minimum atomic E-state index is 0.131. The van der Waals surface area contributed by atoms with E-state index in [4.69, 9.17) is 10.9 Å². The topological polar surface area (TPSA) is 61.8 Å². The molecule has 0 saturated carbocycles. The summed E-state index contributed by atoms with van der Waals surface area (Å²) >= 11 is 3.47. The predicted octanol–water partition coefficient (Wildman–Crippen LogP) is 3.41. The Bertz CT molecular complexity index is 460. The summed E-state index contributed by atoms with van der Waals surface area (Å²) in [4.78, 5) is 2.16. The predicted molar refractivity (Wildman–Crippen MR) is 84.0 cm³/mol. The van der Waals surface area contributed by atoms with Crippen molar-refractivity contribution in [2.75, 3.05) is 11.9 Å². The van der Waals surface area contributed by atoms with Crippen molar-refractivity contribution in [1.29, 1.82) is 0 Å². The number of oxime groups is 1. The standard InChI is InChI=1S/C14H22BrN3O/c1-9(2)7-10(3)18(4)13-8-11(15)5-6-12(13)14(16)17-19/h5-6,8-10,19H,7H2,1-4H3,(H2,16,17). The van der Waals surface area contributed by atoms with Gasteiger partial charge < -0.3 is 15.8 Å². The van der Waals surface area contributed by atoms with E-state index in [1.165, 1.54) is 0 Å². The normalized spacial score (nSPS) is 13.7. The van der Waals surface area contributed by atoms with Gasteiger partial charge in [0.05, 0.1) is 0 Å². The molecule has 1 atom stereocenters. The van der Waals surface area contributed by atoms with E-state index in [0.29, 0.717) is 12.0 Å². The van der Waals surface area contributed by atoms with Gasteiger partial charge in [-0.3, -0.25) is 0 Å². The fourth-order valence-electron chi connectivity index (χ4n) is 2.14. The maximum atomic E-state index is 8.88. The van der Waals surface area contributed by atoms with E-state index in [-0.39, 0.29) is 5.84 Å². The molecule has 4 nitrogen and oxygen atoms in total.